The number of aliphatic hydroxyl groups is 1. The lowest BCUT2D eigenvalue weighted by Crippen LogP contribution is -2.49. The molecule has 0 heterocycles. The maximum Gasteiger partial charge on any atom is 0.210 e. The fourth-order valence-electron chi connectivity index (χ4n) is 4.22. The van der Waals surface area contributed by atoms with E-state index in [1.165, 1.54) is 0 Å². The van der Waals surface area contributed by atoms with Crippen LogP contribution in [0.2, 0.25) is 0 Å². The Labute approximate surface area is 133 Å². The second-order valence-corrected chi connectivity index (χ2v) is 7.73. The number of hydrogen-bond donors (Lipinski definition) is 1. The highest BCUT2D eigenvalue weighted by Gasteiger charge is 2.73. The normalized spacial score (nSPS) is 41.6. The minimum Gasteiger partial charge on any atom is -0.488 e. The lowest BCUT2D eigenvalue weighted by Gasteiger charge is -2.37. The highest BCUT2D eigenvalue weighted by atomic mass is 16.5. The first-order valence-corrected chi connectivity index (χ1v) is 8.34. The SMILES string of the molecule is CC(C)OC1=C(OC(C)C)[C@@]2(O)[C@@H](C)[C@H](C)[C@H](C)[C@@]2(C)C1=O. The summed E-state index contributed by atoms with van der Waals surface area (Å²) in [6.07, 6.45) is -0.267. The number of carbonyl (C=O) groups is 1. The van der Waals surface area contributed by atoms with E-state index < -0.39 is 11.0 Å². The van der Waals surface area contributed by atoms with Gasteiger partial charge in [-0.3, -0.25) is 4.79 Å². The van der Waals surface area contributed by atoms with Gasteiger partial charge in [0, 0.05) is 0 Å². The summed E-state index contributed by atoms with van der Waals surface area (Å²) >= 11 is 0. The van der Waals surface area contributed by atoms with Crippen LogP contribution in [0, 0.1) is 23.2 Å². The van der Waals surface area contributed by atoms with Gasteiger partial charge in [-0.25, -0.2) is 0 Å². The second-order valence-electron chi connectivity index (χ2n) is 7.73. The number of hydrogen-bond acceptors (Lipinski definition) is 4. The summed E-state index contributed by atoms with van der Waals surface area (Å²) in [4.78, 5) is 13.1. The van der Waals surface area contributed by atoms with E-state index in [2.05, 4.69) is 6.92 Å². The smallest absolute Gasteiger partial charge is 0.210 e. The zero-order chi connectivity index (χ0) is 17.0. The average Bonchev–Trinajstić information content (AvgIpc) is 2.65. The maximum absolute atomic E-state index is 13.1. The fourth-order valence-corrected chi connectivity index (χ4v) is 4.22. The zero-order valence-electron chi connectivity index (χ0n) is 15.1. The van der Waals surface area contributed by atoms with Crippen molar-refractivity contribution >= 4 is 5.78 Å². The van der Waals surface area contributed by atoms with Crippen LogP contribution < -0.4 is 0 Å². The van der Waals surface area contributed by atoms with Crippen molar-refractivity contribution < 1.29 is 19.4 Å². The van der Waals surface area contributed by atoms with Gasteiger partial charge in [-0.15, -0.1) is 0 Å². The van der Waals surface area contributed by atoms with Gasteiger partial charge in [0.25, 0.3) is 0 Å². The molecule has 1 fully saturated rings. The number of fused-ring (bicyclic) bond motifs is 1. The van der Waals surface area contributed by atoms with Gasteiger partial charge in [-0.2, -0.15) is 0 Å². The molecule has 0 aliphatic heterocycles. The van der Waals surface area contributed by atoms with Gasteiger partial charge in [0.15, 0.2) is 5.76 Å². The van der Waals surface area contributed by atoms with Gasteiger partial charge in [0.1, 0.15) is 5.60 Å². The number of ketones is 1. The van der Waals surface area contributed by atoms with Crippen molar-refractivity contribution in [1.82, 2.24) is 0 Å². The molecule has 0 aromatic heterocycles. The highest BCUT2D eigenvalue weighted by Crippen LogP contribution is 2.64. The van der Waals surface area contributed by atoms with Crippen LogP contribution in [-0.2, 0) is 14.3 Å². The predicted octanol–water partition coefficient (Wildman–Crippen LogP) is 3.29. The van der Waals surface area contributed by atoms with Crippen LogP contribution in [-0.4, -0.2) is 28.7 Å². The molecule has 4 nitrogen and oxygen atoms in total. The molecule has 0 saturated heterocycles. The van der Waals surface area contributed by atoms with E-state index >= 15 is 0 Å². The molecule has 126 valence electrons. The van der Waals surface area contributed by atoms with E-state index in [9.17, 15) is 9.90 Å². The predicted molar refractivity (Wildman–Crippen MR) is 85.0 cm³/mol. The van der Waals surface area contributed by atoms with Gasteiger partial charge >= 0.3 is 0 Å². The molecule has 0 bridgehead atoms. The molecule has 22 heavy (non-hydrogen) atoms. The second kappa shape index (κ2) is 5.26. The highest BCUT2D eigenvalue weighted by molar-refractivity contribution is 6.04. The third-order valence-corrected chi connectivity index (χ3v) is 5.88. The molecular formula is C18H30O4. The largest absolute Gasteiger partial charge is 0.488 e. The van der Waals surface area contributed by atoms with Crippen LogP contribution in [0.5, 0.6) is 0 Å². The Morgan fingerprint density at radius 3 is 1.95 bits per heavy atom. The fraction of sp³-hybridized carbons (Fsp3) is 0.833. The number of Topliss-reactive ketones (excluding diaryl/α,β-unsaturated/α-hetero) is 1. The van der Waals surface area contributed by atoms with Crippen LogP contribution >= 0.6 is 0 Å². The van der Waals surface area contributed by atoms with E-state index in [0.717, 1.165) is 0 Å². The quantitative estimate of drug-likeness (QED) is 0.865. The van der Waals surface area contributed by atoms with Gasteiger partial charge in [-0.1, -0.05) is 20.8 Å². The van der Waals surface area contributed by atoms with Crippen molar-refractivity contribution in [3.8, 4) is 0 Å². The van der Waals surface area contributed by atoms with Crippen LogP contribution in [0.25, 0.3) is 0 Å². The topological polar surface area (TPSA) is 55.8 Å². The van der Waals surface area contributed by atoms with E-state index in [4.69, 9.17) is 9.47 Å². The molecule has 0 amide bonds. The molecule has 0 spiro atoms. The standard InChI is InChI=1S/C18H30O4/c1-9(2)21-14-15(19)17(8)12(6)11(5)13(7)18(17,20)16(14)22-10(3)4/h9-13,20H,1-8H3/t11-,12+,13+,17+,18+/m1/s1. The summed E-state index contributed by atoms with van der Waals surface area (Å²) in [6, 6.07) is 0. The van der Waals surface area contributed by atoms with E-state index in [-0.39, 0.29) is 41.5 Å². The van der Waals surface area contributed by atoms with Crippen molar-refractivity contribution in [2.45, 2.75) is 73.2 Å². The Hall–Kier alpha value is -1.03. The number of rotatable bonds is 4. The minimum atomic E-state index is -1.29. The summed E-state index contributed by atoms with van der Waals surface area (Å²) in [5, 5.41) is 11.6. The third kappa shape index (κ3) is 1.96. The Balaban J connectivity index is 2.64. The van der Waals surface area contributed by atoms with Crippen molar-refractivity contribution in [1.29, 1.82) is 0 Å². The van der Waals surface area contributed by atoms with Crippen molar-refractivity contribution in [2.24, 2.45) is 23.2 Å². The van der Waals surface area contributed by atoms with Crippen LogP contribution in [0.4, 0.5) is 0 Å². The third-order valence-electron chi connectivity index (χ3n) is 5.88. The van der Waals surface area contributed by atoms with E-state index in [0.29, 0.717) is 5.76 Å². The first-order chi connectivity index (χ1) is 9.99. The molecule has 2 aliphatic rings. The molecule has 0 aromatic carbocycles. The Kier molecular flexibility index (Phi) is 4.14. The summed E-state index contributed by atoms with van der Waals surface area (Å²) in [5.41, 5.74) is -2.18. The van der Waals surface area contributed by atoms with Crippen LogP contribution in [0.1, 0.15) is 55.4 Å². The van der Waals surface area contributed by atoms with Crippen molar-refractivity contribution in [3.63, 3.8) is 0 Å². The van der Waals surface area contributed by atoms with Gasteiger partial charge in [0.05, 0.1) is 17.6 Å². The number of allylic oxidation sites excluding steroid dienone is 1. The summed E-state index contributed by atoms with van der Waals surface area (Å²) in [5.74, 6) is 0.651. The number of ether oxygens (including phenoxy) is 2. The molecule has 0 unspecified atom stereocenters. The van der Waals surface area contributed by atoms with Gasteiger partial charge in [-0.05, 0) is 52.4 Å². The summed E-state index contributed by atoms with van der Waals surface area (Å²) in [6.45, 7) is 15.6. The Morgan fingerprint density at radius 2 is 1.50 bits per heavy atom. The van der Waals surface area contributed by atoms with Crippen molar-refractivity contribution in [3.05, 3.63) is 11.5 Å². The maximum atomic E-state index is 13.1. The summed E-state index contributed by atoms with van der Waals surface area (Å²) < 4.78 is 11.7. The monoisotopic (exact) mass is 310 g/mol. The van der Waals surface area contributed by atoms with Crippen molar-refractivity contribution in [2.75, 3.05) is 0 Å². The minimum absolute atomic E-state index is 0.0547. The average molecular weight is 310 g/mol. The molecule has 2 aliphatic carbocycles. The van der Waals surface area contributed by atoms with E-state index in [1.807, 2.05) is 48.5 Å². The molecule has 4 heteroatoms. The molecule has 5 atom stereocenters. The molecular weight excluding hydrogens is 280 g/mol. The molecule has 0 radical (unpaired) electrons. The van der Waals surface area contributed by atoms with E-state index in [1.54, 1.807) is 0 Å². The first-order valence-electron chi connectivity index (χ1n) is 8.34. The lowest BCUT2D eigenvalue weighted by atomic mass is 9.70. The molecule has 0 aromatic rings. The Bertz CT molecular complexity index is 507. The molecule has 1 saturated carbocycles. The first kappa shape index (κ1) is 17.3. The molecule has 2 rings (SSSR count). The molecule has 1 N–H and O–H groups in total. The number of carbonyl (C=O) groups excluding carboxylic acids is 1. The van der Waals surface area contributed by atoms with Crippen LogP contribution in [0.15, 0.2) is 11.5 Å². The summed E-state index contributed by atoms with van der Waals surface area (Å²) in [7, 11) is 0. The van der Waals surface area contributed by atoms with Gasteiger partial charge in [0.2, 0.25) is 11.5 Å². The van der Waals surface area contributed by atoms with Crippen LogP contribution in [0.3, 0.4) is 0 Å². The Morgan fingerprint density at radius 1 is 1.00 bits per heavy atom. The zero-order valence-corrected chi connectivity index (χ0v) is 15.1. The lowest BCUT2D eigenvalue weighted by molar-refractivity contribution is -0.141. The van der Waals surface area contributed by atoms with Gasteiger partial charge < -0.3 is 14.6 Å².